The molecular weight excluding hydrogens is 441 g/mol. The molecule has 0 spiro atoms. The van der Waals surface area contributed by atoms with Crippen molar-refractivity contribution < 1.29 is 37.0 Å². The minimum absolute atomic E-state index is 0.0507. The number of hydrogen-bond acceptors (Lipinski definition) is 6. The molecule has 0 atom stereocenters. The fourth-order valence-corrected chi connectivity index (χ4v) is 3.91. The predicted octanol–water partition coefficient (Wildman–Crippen LogP) is 4.64. The zero-order valence-electron chi connectivity index (χ0n) is 18.4. The van der Waals surface area contributed by atoms with Crippen LogP contribution in [-0.4, -0.2) is 50.3 Å². The van der Waals surface area contributed by atoms with Crippen LogP contribution in [0.5, 0.6) is 0 Å². The van der Waals surface area contributed by atoms with E-state index in [2.05, 4.69) is 4.90 Å². The first-order valence-corrected chi connectivity index (χ1v) is 10.8. The number of fused-ring (bicyclic) bond motifs is 1. The second kappa shape index (κ2) is 10.1. The summed E-state index contributed by atoms with van der Waals surface area (Å²) in [6.07, 6.45) is -2.04. The Hall–Kier alpha value is -3.30. The van der Waals surface area contributed by atoms with Crippen molar-refractivity contribution in [3.63, 3.8) is 0 Å². The predicted molar refractivity (Wildman–Crippen MR) is 116 cm³/mol. The smallest absolute Gasteiger partial charge is 0.462 e. The highest BCUT2D eigenvalue weighted by Gasteiger charge is 2.42. The van der Waals surface area contributed by atoms with Gasteiger partial charge in [0.25, 0.3) is 0 Å². The monoisotopic (exact) mass is 466 g/mol. The van der Waals surface area contributed by atoms with Crippen LogP contribution in [0.25, 0.3) is 11.1 Å². The summed E-state index contributed by atoms with van der Waals surface area (Å²) in [6, 6.07) is 6.58. The van der Waals surface area contributed by atoms with E-state index in [1.165, 1.54) is 13.8 Å². The zero-order valence-corrected chi connectivity index (χ0v) is 18.4. The molecule has 0 aromatic heterocycles. The van der Waals surface area contributed by atoms with Crippen molar-refractivity contribution >= 4 is 29.2 Å². The summed E-state index contributed by atoms with van der Waals surface area (Å²) in [4.78, 5) is 39.5. The lowest BCUT2D eigenvalue weighted by atomic mass is 10.1. The second-order valence-corrected chi connectivity index (χ2v) is 7.48. The van der Waals surface area contributed by atoms with E-state index in [1.54, 1.807) is 29.6 Å². The molecule has 1 N–H and O–H groups in total. The Morgan fingerprint density at radius 2 is 1.36 bits per heavy atom. The summed E-state index contributed by atoms with van der Waals surface area (Å²) in [5.74, 6) is -4.23. The number of nitrogens with zero attached hydrogens (tertiary/aromatic N) is 1. The van der Waals surface area contributed by atoms with Crippen LogP contribution in [0, 0.1) is 0 Å². The molecule has 1 fully saturated rings. The van der Waals surface area contributed by atoms with E-state index in [-0.39, 0.29) is 35.5 Å². The first kappa shape index (κ1) is 24.3. The van der Waals surface area contributed by atoms with Crippen molar-refractivity contribution in [1.29, 1.82) is 0 Å². The molecule has 0 aromatic rings. The number of carbonyl (C=O) groups excluding carboxylic acids is 3. The highest BCUT2D eigenvalue weighted by molar-refractivity contribution is 6.18. The van der Waals surface area contributed by atoms with Crippen LogP contribution in [0.1, 0.15) is 53.8 Å². The van der Waals surface area contributed by atoms with Gasteiger partial charge in [0.2, 0.25) is 0 Å². The first-order valence-electron chi connectivity index (χ1n) is 10.8. The van der Waals surface area contributed by atoms with Gasteiger partial charge >= 0.3 is 24.0 Å². The largest absolute Gasteiger partial charge is 0.471 e. The van der Waals surface area contributed by atoms with Crippen molar-refractivity contribution in [3.05, 3.63) is 35.4 Å². The first-order chi connectivity index (χ1) is 15.7. The van der Waals surface area contributed by atoms with Crippen LogP contribution in [0.3, 0.4) is 0 Å². The minimum Gasteiger partial charge on any atom is -0.462 e. The van der Waals surface area contributed by atoms with E-state index >= 15 is 0 Å². The van der Waals surface area contributed by atoms with Crippen LogP contribution >= 0.6 is 0 Å². The van der Waals surface area contributed by atoms with Gasteiger partial charge in [-0.2, -0.15) is 13.2 Å². The number of rotatable bonds is 6. The molecule has 10 heteroatoms. The third-order valence-electron chi connectivity index (χ3n) is 5.35. The Kier molecular flexibility index (Phi) is 7.45. The molecule has 0 aromatic carbocycles. The van der Waals surface area contributed by atoms with Gasteiger partial charge in [-0.15, -0.1) is 0 Å². The van der Waals surface area contributed by atoms with Crippen molar-refractivity contribution in [1.82, 2.24) is 0 Å². The van der Waals surface area contributed by atoms with Gasteiger partial charge in [-0.1, -0.05) is 12.1 Å². The maximum absolute atomic E-state index is 13.0. The summed E-state index contributed by atoms with van der Waals surface area (Å²) in [7, 11) is 0. The Balaban J connectivity index is 2.25. The van der Waals surface area contributed by atoms with Crippen LogP contribution in [-0.2, 0) is 14.3 Å². The Bertz CT molecular complexity index is 960. The molecule has 0 unspecified atom stereocenters. The fraction of sp³-hybridized carbons (Fsp3) is 0.435. The second-order valence-electron chi connectivity index (χ2n) is 7.48. The number of hydrogen-bond donors (Lipinski definition) is 1. The van der Waals surface area contributed by atoms with Crippen LogP contribution in [0.15, 0.2) is 24.3 Å². The van der Waals surface area contributed by atoms with Crippen molar-refractivity contribution in [2.24, 2.45) is 0 Å². The molecule has 1 heterocycles. The SMILES string of the molecule is CCOC(=O)c1c2ccc(N3CCCCC3)ccc-2c(C(=O)OCC)c1NC(=O)C(F)(F)F. The number of esters is 2. The molecular formula is C23H25F3N2O5. The lowest BCUT2D eigenvalue weighted by molar-refractivity contribution is -0.167. The van der Waals surface area contributed by atoms with Gasteiger partial charge in [0.05, 0.1) is 30.0 Å². The maximum atomic E-state index is 13.0. The molecule has 2 aliphatic carbocycles. The lowest BCUT2D eigenvalue weighted by Crippen LogP contribution is -2.31. The highest BCUT2D eigenvalue weighted by atomic mass is 19.4. The molecule has 1 aliphatic heterocycles. The summed E-state index contributed by atoms with van der Waals surface area (Å²) in [5.41, 5.74) is -0.0255. The number of alkyl halides is 3. The van der Waals surface area contributed by atoms with Gasteiger partial charge in [-0.3, -0.25) is 4.79 Å². The summed E-state index contributed by atoms with van der Waals surface area (Å²) in [6.45, 7) is 4.67. The molecule has 7 nitrogen and oxygen atoms in total. The molecule has 0 saturated carbocycles. The third kappa shape index (κ3) is 5.20. The lowest BCUT2D eigenvalue weighted by Gasteiger charge is -2.28. The Morgan fingerprint density at radius 1 is 0.879 bits per heavy atom. The molecule has 178 valence electrons. The average molecular weight is 466 g/mol. The summed E-state index contributed by atoms with van der Waals surface area (Å²) >= 11 is 0. The number of piperidine rings is 1. The third-order valence-corrected chi connectivity index (χ3v) is 5.35. The molecule has 1 amide bonds. The topological polar surface area (TPSA) is 84.9 Å². The quantitative estimate of drug-likeness (QED) is 0.625. The van der Waals surface area contributed by atoms with E-state index < -0.39 is 29.7 Å². The van der Waals surface area contributed by atoms with Gasteiger partial charge in [0, 0.05) is 18.8 Å². The zero-order chi connectivity index (χ0) is 24.2. The van der Waals surface area contributed by atoms with E-state index in [0.717, 1.165) is 38.0 Å². The van der Waals surface area contributed by atoms with Gasteiger partial charge in [-0.25, -0.2) is 9.59 Å². The highest BCUT2D eigenvalue weighted by Crippen LogP contribution is 2.42. The molecule has 3 rings (SSSR count). The van der Waals surface area contributed by atoms with Gasteiger partial charge in [0.1, 0.15) is 0 Å². The molecule has 0 radical (unpaired) electrons. The van der Waals surface area contributed by atoms with Crippen LogP contribution in [0.2, 0.25) is 0 Å². The van der Waals surface area contributed by atoms with E-state index in [1.807, 2.05) is 0 Å². The van der Waals surface area contributed by atoms with Gasteiger partial charge in [0.15, 0.2) is 0 Å². The van der Waals surface area contributed by atoms with Crippen LogP contribution < -0.4 is 10.2 Å². The molecule has 1 saturated heterocycles. The minimum atomic E-state index is -5.23. The molecule has 3 aliphatic rings. The van der Waals surface area contributed by atoms with E-state index in [9.17, 15) is 27.6 Å². The number of carbonyl (C=O) groups is 3. The Morgan fingerprint density at radius 3 is 1.79 bits per heavy atom. The number of ether oxygens (including phenoxy) is 2. The molecule has 33 heavy (non-hydrogen) atoms. The normalized spacial score (nSPS) is 14.2. The van der Waals surface area contributed by atoms with Crippen molar-refractivity contribution in [3.8, 4) is 11.1 Å². The molecule has 0 bridgehead atoms. The fourth-order valence-electron chi connectivity index (χ4n) is 3.91. The Labute approximate surface area is 189 Å². The van der Waals surface area contributed by atoms with Crippen molar-refractivity contribution in [2.75, 3.05) is 36.5 Å². The van der Waals surface area contributed by atoms with Gasteiger partial charge < -0.3 is 19.7 Å². The standard InChI is InChI=1S/C23H25F3N2O5/c1-3-32-20(29)17-15-10-8-14(28-12-6-5-7-13-28)9-11-16(15)18(21(30)33-4-2)19(17)27-22(31)23(24,25)26/h8-11H,3-7,12-13H2,1-2H3,(H,27,31). The maximum Gasteiger partial charge on any atom is 0.471 e. The number of halogens is 3. The summed E-state index contributed by atoms with van der Waals surface area (Å²) < 4.78 is 49.1. The van der Waals surface area contributed by atoms with E-state index in [0.29, 0.717) is 0 Å². The average Bonchev–Trinajstić information content (AvgIpc) is 2.91. The van der Waals surface area contributed by atoms with E-state index in [4.69, 9.17) is 9.47 Å². The number of anilines is 2. The summed E-state index contributed by atoms with van der Waals surface area (Å²) in [5, 5.41) is 1.70. The van der Waals surface area contributed by atoms with Crippen LogP contribution in [0.4, 0.5) is 24.5 Å². The number of amides is 1. The van der Waals surface area contributed by atoms with Gasteiger partial charge in [-0.05, 0) is 56.4 Å². The van der Waals surface area contributed by atoms with Crippen molar-refractivity contribution in [2.45, 2.75) is 39.3 Å². The number of nitrogens with one attached hydrogen (secondary N) is 1.